The van der Waals surface area contributed by atoms with Gasteiger partial charge in [-0.25, -0.2) is 0 Å². The number of benzene rings is 2. The Labute approximate surface area is 196 Å². The maximum absolute atomic E-state index is 12.8. The SMILES string of the molecule is CC(=O)c1ccc(NC(=O)[C@@H](C)Sc2nnc(-c3cccnc3)n2-c2ccc(C)cc2)cc1. The first-order chi connectivity index (χ1) is 15.9. The molecule has 8 heteroatoms. The lowest BCUT2D eigenvalue weighted by Crippen LogP contribution is -2.23. The zero-order valence-corrected chi connectivity index (χ0v) is 19.3. The molecule has 33 heavy (non-hydrogen) atoms. The van der Waals surface area contributed by atoms with Gasteiger partial charge in [-0.15, -0.1) is 10.2 Å². The van der Waals surface area contributed by atoms with E-state index in [9.17, 15) is 9.59 Å². The molecule has 0 aliphatic heterocycles. The Hall–Kier alpha value is -3.78. The summed E-state index contributed by atoms with van der Waals surface area (Å²) in [6.07, 6.45) is 3.45. The summed E-state index contributed by atoms with van der Waals surface area (Å²) in [7, 11) is 0. The van der Waals surface area contributed by atoms with Gasteiger partial charge in [0.15, 0.2) is 16.8 Å². The molecule has 0 radical (unpaired) electrons. The monoisotopic (exact) mass is 457 g/mol. The first-order valence-corrected chi connectivity index (χ1v) is 11.3. The minimum absolute atomic E-state index is 0.0170. The maximum Gasteiger partial charge on any atom is 0.237 e. The first kappa shape index (κ1) is 22.4. The molecule has 1 N–H and O–H groups in total. The van der Waals surface area contributed by atoms with Gasteiger partial charge in [0.1, 0.15) is 0 Å². The molecule has 4 rings (SSSR count). The predicted octanol–water partition coefficient (Wildman–Crippen LogP) is 4.96. The van der Waals surface area contributed by atoms with E-state index in [1.807, 2.05) is 54.8 Å². The fourth-order valence-electron chi connectivity index (χ4n) is 3.20. The van der Waals surface area contributed by atoms with Gasteiger partial charge >= 0.3 is 0 Å². The lowest BCUT2D eigenvalue weighted by Gasteiger charge is -2.14. The quantitative estimate of drug-likeness (QED) is 0.312. The van der Waals surface area contributed by atoms with Gasteiger partial charge in [-0.3, -0.25) is 19.1 Å². The lowest BCUT2D eigenvalue weighted by atomic mass is 10.1. The van der Waals surface area contributed by atoms with Crippen LogP contribution in [0.3, 0.4) is 0 Å². The van der Waals surface area contributed by atoms with Crippen molar-refractivity contribution in [2.45, 2.75) is 31.2 Å². The van der Waals surface area contributed by atoms with Crippen LogP contribution < -0.4 is 5.32 Å². The van der Waals surface area contributed by atoms with Crippen molar-refractivity contribution in [3.63, 3.8) is 0 Å². The highest BCUT2D eigenvalue weighted by molar-refractivity contribution is 8.00. The third kappa shape index (κ3) is 5.18. The molecule has 0 saturated heterocycles. The number of anilines is 1. The number of hydrogen-bond donors (Lipinski definition) is 1. The Morgan fingerprint density at radius 1 is 1.00 bits per heavy atom. The standard InChI is InChI=1S/C25H23N5O2S/c1-16-6-12-22(13-7-16)30-23(20-5-4-14-26-15-20)28-29-25(30)33-18(3)24(32)27-21-10-8-19(9-11-21)17(2)31/h4-15,18H,1-3H3,(H,27,32)/t18-/m1/s1. The normalized spacial score (nSPS) is 11.7. The summed E-state index contributed by atoms with van der Waals surface area (Å²) in [5, 5.41) is 11.8. The number of carbonyl (C=O) groups excluding carboxylic acids is 2. The molecule has 2 aromatic heterocycles. The molecule has 0 unspecified atom stereocenters. The molecular formula is C25H23N5O2S. The van der Waals surface area contributed by atoms with Gasteiger partial charge in [0.2, 0.25) is 5.91 Å². The molecule has 2 heterocycles. The molecule has 0 spiro atoms. The lowest BCUT2D eigenvalue weighted by molar-refractivity contribution is -0.115. The highest BCUT2D eigenvalue weighted by atomic mass is 32.2. The van der Waals surface area contributed by atoms with Crippen LogP contribution in [0.2, 0.25) is 0 Å². The van der Waals surface area contributed by atoms with Crippen molar-refractivity contribution in [1.29, 1.82) is 0 Å². The number of thioether (sulfide) groups is 1. The van der Waals surface area contributed by atoms with Crippen molar-refractivity contribution in [1.82, 2.24) is 19.7 Å². The maximum atomic E-state index is 12.8. The Kier molecular flexibility index (Phi) is 6.65. The largest absolute Gasteiger partial charge is 0.325 e. The highest BCUT2D eigenvalue weighted by Gasteiger charge is 2.22. The molecular weight excluding hydrogens is 434 g/mol. The van der Waals surface area contributed by atoms with Crippen molar-refractivity contribution in [2.75, 3.05) is 5.32 Å². The van der Waals surface area contributed by atoms with E-state index >= 15 is 0 Å². The van der Waals surface area contributed by atoms with Crippen LogP contribution in [0.1, 0.15) is 29.8 Å². The average Bonchev–Trinajstić information content (AvgIpc) is 3.24. The van der Waals surface area contributed by atoms with Crippen LogP contribution in [0, 0.1) is 6.92 Å². The molecule has 0 aliphatic rings. The van der Waals surface area contributed by atoms with Gasteiger partial charge in [0, 0.05) is 34.9 Å². The molecule has 4 aromatic rings. The van der Waals surface area contributed by atoms with Crippen molar-refractivity contribution < 1.29 is 9.59 Å². The minimum atomic E-state index is -0.437. The number of aryl methyl sites for hydroxylation is 1. The number of carbonyl (C=O) groups is 2. The van der Waals surface area contributed by atoms with Gasteiger partial charge in [-0.2, -0.15) is 0 Å². The van der Waals surface area contributed by atoms with E-state index in [2.05, 4.69) is 20.5 Å². The summed E-state index contributed by atoms with van der Waals surface area (Å²) >= 11 is 1.32. The summed E-state index contributed by atoms with van der Waals surface area (Å²) in [5.41, 5.74) is 4.12. The van der Waals surface area contributed by atoms with E-state index in [1.165, 1.54) is 18.7 Å². The number of pyridine rings is 1. The second-order valence-electron chi connectivity index (χ2n) is 7.60. The van der Waals surface area contributed by atoms with Gasteiger partial charge in [0.05, 0.1) is 5.25 Å². The van der Waals surface area contributed by atoms with Gasteiger partial charge in [0.25, 0.3) is 0 Å². The fraction of sp³-hybridized carbons (Fsp3) is 0.160. The van der Waals surface area contributed by atoms with E-state index in [0.717, 1.165) is 16.8 Å². The Balaban J connectivity index is 1.59. The minimum Gasteiger partial charge on any atom is -0.325 e. The zero-order valence-electron chi connectivity index (χ0n) is 18.5. The highest BCUT2D eigenvalue weighted by Crippen LogP contribution is 2.30. The molecule has 0 bridgehead atoms. The number of nitrogens with one attached hydrogen (secondary N) is 1. The van der Waals surface area contributed by atoms with Crippen LogP contribution in [0.15, 0.2) is 78.2 Å². The third-order valence-electron chi connectivity index (χ3n) is 5.06. The van der Waals surface area contributed by atoms with Crippen LogP contribution in [0.25, 0.3) is 17.1 Å². The van der Waals surface area contributed by atoms with Gasteiger partial charge in [-0.05, 0) is 69.3 Å². The van der Waals surface area contributed by atoms with Crippen molar-refractivity contribution in [2.24, 2.45) is 0 Å². The number of ketones is 1. The molecule has 0 saturated carbocycles. The number of hydrogen-bond acceptors (Lipinski definition) is 6. The molecule has 166 valence electrons. The molecule has 0 aliphatic carbocycles. The second-order valence-corrected chi connectivity index (χ2v) is 8.91. The topological polar surface area (TPSA) is 89.8 Å². The number of amides is 1. The third-order valence-corrected chi connectivity index (χ3v) is 6.10. The Morgan fingerprint density at radius 3 is 2.36 bits per heavy atom. The van der Waals surface area contributed by atoms with Crippen LogP contribution in [-0.2, 0) is 4.79 Å². The number of rotatable bonds is 7. The Bertz CT molecular complexity index is 1270. The van der Waals surface area contributed by atoms with E-state index in [1.54, 1.807) is 36.7 Å². The van der Waals surface area contributed by atoms with Crippen LogP contribution in [0.5, 0.6) is 0 Å². The van der Waals surface area contributed by atoms with E-state index in [4.69, 9.17) is 0 Å². The molecule has 7 nitrogen and oxygen atoms in total. The summed E-state index contributed by atoms with van der Waals surface area (Å²) in [6.45, 7) is 5.36. The molecule has 1 amide bonds. The first-order valence-electron chi connectivity index (χ1n) is 10.4. The fourth-order valence-corrected chi connectivity index (χ4v) is 4.07. The van der Waals surface area contributed by atoms with Crippen LogP contribution in [0.4, 0.5) is 5.69 Å². The van der Waals surface area contributed by atoms with E-state index in [-0.39, 0.29) is 11.7 Å². The second kappa shape index (κ2) is 9.79. The average molecular weight is 458 g/mol. The predicted molar refractivity (Wildman–Crippen MR) is 130 cm³/mol. The summed E-state index contributed by atoms with van der Waals surface area (Å²) in [5.74, 6) is 0.468. The van der Waals surface area contributed by atoms with Crippen molar-refractivity contribution >= 4 is 29.1 Å². The molecule has 0 fully saturated rings. The van der Waals surface area contributed by atoms with Gasteiger partial charge in [-0.1, -0.05) is 29.5 Å². The van der Waals surface area contributed by atoms with E-state index in [0.29, 0.717) is 22.2 Å². The smallest absolute Gasteiger partial charge is 0.237 e. The summed E-state index contributed by atoms with van der Waals surface area (Å²) in [4.78, 5) is 28.5. The van der Waals surface area contributed by atoms with Crippen LogP contribution in [-0.4, -0.2) is 36.7 Å². The number of aromatic nitrogens is 4. The summed E-state index contributed by atoms with van der Waals surface area (Å²) < 4.78 is 1.94. The van der Waals surface area contributed by atoms with Crippen molar-refractivity contribution in [3.05, 3.63) is 84.2 Å². The van der Waals surface area contributed by atoms with E-state index < -0.39 is 5.25 Å². The molecule has 1 atom stereocenters. The number of nitrogens with zero attached hydrogens (tertiary/aromatic N) is 4. The Morgan fingerprint density at radius 2 is 1.73 bits per heavy atom. The molecule has 2 aromatic carbocycles. The van der Waals surface area contributed by atoms with Crippen LogP contribution >= 0.6 is 11.8 Å². The summed E-state index contributed by atoms with van der Waals surface area (Å²) in [6, 6.07) is 18.7. The number of Topliss-reactive ketones (excluding diaryl/α,β-unsaturated/α-hetero) is 1. The zero-order chi connectivity index (χ0) is 23.4. The van der Waals surface area contributed by atoms with Gasteiger partial charge < -0.3 is 5.32 Å². The van der Waals surface area contributed by atoms with Crippen molar-refractivity contribution in [3.8, 4) is 17.1 Å².